The maximum atomic E-state index is 13.0. The van der Waals surface area contributed by atoms with Crippen molar-refractivity contribution in [3.05, 3.63) is 12.7 Å². The Morgan fingerprint density at radius 1 is 1.19 bits per heavy atom. The summed E-state index contributed by atoms with van der Waals surface area (Å²) < 4.78 is 5.47. The second kappa shape index (κ2) is 8.51. The van der Waals surface area contributed by atoms with Gasteiger partial charge in [-0.2, -0.15) is 0 Å². The number of carbonyl (C=O) groups excluding carboxylic acids is 3. The number of hydrogen-bond donors (Lipinski definition) is 3. The van der Waals surface area contributed by atoms with Crippen molar-refractivity contribution < 1.29 is 29.0 Å². The third-order valence-electron chi connectivity index (χ3n) is 5.62. The Morgan fingerprint density at radius 3 is 2.26 bits per heavy atom. The van der Waals surface area contributed by atoms with Gasteiger partial charge in [-0.05, 0) is 45.4 Å². The zero-order valence-corrected chi connectivity index (χ0v) is 19.3. The summed E-state index contributed by atoms with van der Waals surface area (Å²) in [5.74, 6) is -2.47. The van der Waals surface area contributed by atoms with Gasteiger partial charge < -0.3 is 25.4 Å². The van der Waals surface area contributed by atoms with Crippen LogP contribution in [0.2, 0.25) is 0 Å². The van der Waals surface area contributed by atoms with Gasteiger partial charge in [-0.3, -0.25) is 4.79 Å². The molecule has 0 bridgehead atoms. The number of nitrogens with one attached hydrogen (secondary N) is 2. The van der Waals surface area contributed by atoms with Crippen molar-refractivity contribution in [2.45, 2.75) is 84.0 Å². The summed E-state index contributed by atoms with van der Waals surface area (Å²) in [7, 11) is 0. The van der Waals surface area contributed by atoms with Crippen LogP contribution in [0.5, 0.6) is 0 Å². The third-order valence-corrected chi connectivity index (χ3v) is 5.62. The van der Waals surface area contributed by atoms with E-state index in [9.17, 15) is 24.3 Å². The summed E-state index contributed by atoms with van der Waals surface area (Å²) in [6, 6.07) is -2.29. The van der Waals surface area contributed by atoms with E-state index in [0.29, 0.717) is 19.4 Å². The first kappa shape index (κ1) is 24.7. The summed E-state index contributed by atoms with van der Waals surface area (Å²) in [5, 5.41) is 14.9. The highest BCUT2D eigenvalue weighted by atomic mass is 16.6. The van der Waals surface area contributed by atoms with Crippen molar-refractivity contribution in [1.82, 2.24) is 15.5 Å². The monoisotopic (exact) mass is 437 g/mol. The fourth-order valence-corrected chi connectivity index (χ4v) is 3.79. The number of hydrogen-bond acceptors (Lipinski definition) is 5. The Balaban J connectivity index is 2.12. The van der Waals surface area contributed by atoms with Crippen LogP contribution in [-0.2, 0) is 19.1 Å². The van der Waals surface area contributed by atoms with Crippen molar-refractivity contribution in [2.75, 3.05) is 6.54 Å². The highest BCUT2D eigenvalue weighted by Gasteiger charge is 2.61. The molecule has 31 heavy (non-hydrogen) atoms. The summed E-state index contributed by atoms with van der Waals surface area (Å²) in [4.78, 5) is 51.6. The summed E-state index contributed by atoms with van der Waals surface area (Å²) in [6.07, 6.45) is 2.81. The van der Waals surface area contributed by atoms with Crippen LogP contribution in [0, 0.1) is 11.3 Å². The quantitative estimate of drug-likeness (QED) is 0.431. The van der Waals surface area contributed by atoms with Crippen LogP contribution in [0.4, 0.5) is 4.79 Å². The summed E-state index contributed by atoms with van der Waals surface area (Å²) in [5.41, 5.74) is -2.68. The van der Waals surface area contributed by atoms with Gasteiger partial charge in [-0.1, -0.05) is 26.8 Å². The van der Waals surface area contributed by atoms with Crippen LogP contribution in [-0.4, -0.2) is 63.7 Å². The Bertz CT molecular complexity index is 766. The molecule has 1 heterocycles. The predicted octanol–water partition coefficient (Wildman–Crippen LogP) is 2.06. The highest BCUT2D eigenvalue weighted by molar-refractivity contribution is 5.94. The van der Waals surface area contributed by atoms with Crippen molar-refractivity contribution >= 4 is 23.9 Å². The molecule has 1 saturated carbocycles. The van der Waals surface area contributed by atoms with E-state index in [0.717, 1.165) is 0 Å². The predicted molar refractivity (Wildman–Crippen MR) is 114 cm³/mol. The maximum Gasteiger partial charge on any atom is 0.330 e. The molecule has 2 rings (SSSR count). The number of rotatable bonds is 6. The molecule has 3 amide bonds. The number of likely N-dealkylation sites (tertiary alicyclic amines) is 1. The number of ether oxygens (including phenoxy) is 1. The Labute approximate surface area is 183 Å². The molecular weight excluding hydrogens is 402 g/mol. The molecule has 2 fully saturated rings. The van der Waals surface area contributed by atoms with Crippen LogP contribution in [0.3, 0.4) is 0 Å². The normalized spacial score (nSPS) is 26.6. The molecular formula is C22H35N3O6. The SMILES string of the molecule is C=CC1CC1(NC(=O)N1CCC[C@H]1C(=O)N[C@H](C(=O)OC(C)(C)C)C(C)(C)C)C(=O)O. The second-order valence-electron chi connectivity index (χ2n) is 10.4. The van der Waals surface area contributed by atoms with E-state index in [4.69, 9.17) is 4.74 Å². The first-order chi connectivity index (χ1) is 14.1. The number of amides is 3. The van der Waals surface area contributed by atoms with Gasteiger partial charge in [0.1, 0.15) is 23.2 Å². The van der Waals surface area contributed by atoms with E-state index in [1.54, 1.807) is 20.8 Å². The lowest BCUT2D eigenvalue weighted by molar-refractivity contribution is -0.162. The van der Waals surface area contributed by atoms with E-state index in [-0.39, 0.29) is 12.3 Å². The van der Waals surface area contributed by atoms with Gasteiger partial charge in [-0.25, -0.2) is 14.4 Å². The minimum Gasteiger partial charge on any atom is -0.479 e. The number of carbonyl (C=O) groups is 4. The molecule has 0 spiro atoms. The van der Waals surface area contributed by atoms with Crippen LogP contribution in [0.15, 0.2) is 12.7 Å². The molecule has 1 saturated heterocycles. The summed E-state index contributed by atoms with van der Waals surface area (Å²) in [6.45, 7) is 14.6. The van der Waals surface area contributed by atoms with Crippen molar-refractivity contribution in [3.8, 4) is 0 Å². The molecule has 2 aliphatic rings. The minimum absolute atomic E-state index is 0.271. The zero-order valence-electron chi connectivity index (χ0n) is 19.3. The highest BCUT2D eigenvalue weighted by Crippen LogP contribution is 2.44. The summed E-state index contributed by atoms with van der Waals surface area (Å²) >= 11 is 0. The minimum atomic E-state index is -1.37. The Kier molecular flexibility index (Phi) is 6.78. The van der Waals surface area contributed by atoms with Gasteiger partial charge in [0, 0.05) is 12.5 Å². The average Bonchev–Trinajstić information content (AvgIpc) is 3.10. The van der Waals surface area contributed by atoms with E-state index in [1.165, 1.54) is 11.0 Å². The van der Waals surface area contributed by atoms with Crippen LogP contribution < -0.4 is 10.6 Å². The van der Waals surface area contributed by atoms with Crippen molar-refractivity contribution in [1.29, 1.82) is 0 Å². The first-order valence-electron chi connectivity index (χ1n) is 10.6. The molecule has 1 aliphatic carbocycles. The topological polar surface area (TPSA) is 125 Å². The number of carboxylic acids is 1. The molecule has 3 N–H and O–H groups in total. The molecule has 0 aromatic heterocycles. The molecule has 9 heteroatoms. The lowest BCUT2D eigenvalue weighted by Crippen LogP contribution is -2.58. The van der Waals surface area contributed by atoms with Gasteiger partial charge >= 0.3 is 18.0 Å². The van der Waals surface area contributed by atoms with Crippen molar-refractivity contribution in [2.24, 2.45) is 11.3 Å². The third kappa shape index (κ3) is 5.57. The first-order valence-corrected chi connectivity index (χ1v) is 10.6. The van der Waals surface area contributed by atoms with Crippen LogP contribution >= 0.6 is 0 Å². The standard InChI is InChI=1S/C22H35N3O6/c1-8-13-12-22(13,18(28)29)24-19(30)25-11-9-10-14(25)16(26)23-15(20(2,3)4)17(27)31-21(5,6)7/h8,13-15H,1,9-12H2,2-7H3,(H,23,26)(H,24,30)(H,28,29)/t13?,14-,15+,22?/m0/s1. The molecule has 0 aromatic rings. The van der Waals surface area contributed by atoms with Crippen LogP contribution in [0.1, 0.15) is 60.8 Å². The number of carboxylic acid groups (broad SMARTS) is 1. The number of urea groups is 1. The molecule has 1 aliphatic heterocycles. The van der Waals surface area contributed by atoms with Gasteiger partial charge in [-0.15, -0.1) is 6.58 Å². The largest absolute Gasteiger partial charge is 0.479 e. The zero-order chi connectivity index (χ0) is 23.8. The molecule has 0 aromatic carbocycles. The fourth-order valence-electron chi connectivity index (χ4n) is 3.79. The van der Waals surface area contributed by atoms with Gasteiger partial charge in [0.05, 0.1) is 0 Å². The average molecular weight is 438 g/mol. The number of aliphatic carboxylic acids is 1. The van der Waals surface area contributed by atoms with E-state index in [1.807, 2.05) is 20.8 Å². The van der Waals surface area contributed by atoms with Crippen molar-refractivity contribution in [3.63, 3.8) is 0 Å². The lowest BCUT2D eigenvalue weighted by Gasteiger charge is -2.34. The lowest BCUT2D eigenvalue weighted by atomic mass is 9.86. The number of esters is 1. The van der Waals surface area contributed by atoms with E-state index in [2.05, 4.69) is 17.2 Å². The molecule has 174 valence electrons. The van der Waals surface area contributed by atoms with E-state index < -0.39 is 52.5 Å². The van der Waals surface area contributed by atoms with Crippen LogP contribution in [0.25, 0.3) is 0 Å². The smallest absolute Gasteiger partial charge is 0.330 e. The Hall–Kier alpha value is -2.58. The molecule has 4 atom stereocenters. The number of nitrogens with zero attached hydrogens (tertiary/aromatic N) is 1. The van der Waals surface area contributed by atoms with Gasteiger partial charge in [0.15, 0.2) is 0 Å². The van der Waals surface area contributed by atoms with Gasteiger partial charge in [0.2, 0.25) is 5.91 Å². The Morgan fingerprint density at radius 2 is 1.81 bits per heavy atom. The van der Waals surface area contributed by atoms with E-state index >= 15 is 0 Å². The maximum absolute atomic E-state index is 13.0. The van der Waals surface area contributed by atoms with Gasteiger partial charge in [0.25, 0.3) is 0 Å². The molecule has 9 nitrogen and oxygen atoms in total. The fraction of sp³-hybridized carbons (Fsp3) is 0.727. The molecule has 0 radical (unpaired) electrons. The second-order valence-corrected chi connectivity index (χ2v) is 10.4. The molecule has 2 unspecified atom stereocenters.